The molecule has 10 heteroatoms. The van der Waals surface area contributed by atoms with Gasteiger partial charge in [-0.1, -0.05) is 12.1 Å². The van der Waals surface area contributed by atoms with Crippen molar-refractivity contribution in [2.75, 3.05) is 17.7 Å². The number of rotatable bonds is 3. The van der Waals surface area contributed by atoms with Gasteiger partial charge in [0.2, 0.25) is 5.91 Å². The van der Waals surface area contributed by atoms with Crippen LogP contribution in [0.1, 0.15) is 49.1 Å². The maximum absolute atomic E-state index is 12.9. The summed E-state index contributed by atoms with van der Waals surface area (Å²) < 4.78 is 7.53. The number of ether oxygens (including phenoxy) is 1. The molecule has 0 radical (unpaired) electrons. The Bertz CT molecular complexity index is 1030. The smallest absolute Gasteiger partial charge is 0.270 e. The van der Waals surface area contributed by atoms with Crippen molar-refractivity contribution in [3.05, 3.63) is 55.9 Å². The van der Waals surface area contributed by atoms with Crippen molar-refractivity contribution in [2.45, 2.75) is 43.6 Å². The Morgan fingerprint density at radius 3 is 2.86 bits per heavy atom. The highest BCUT2D eigenvalue weighted by Gasteiger charge is 2.36. The third-order valence-electron chi connectivity index (χ3n) is 5.28. The fraction of sp³-hybridized carbons (Fsp3) is 0.474. The van der Waals surface area contributed by atoms with Gasteiger partial charge in [-0.2, -0.15) is 0 Å². The van der Waals surface area contributed by atoms with E-state index < -0.39 is 10.2 Å². The lowest BCUT2D eigenvalue weighted by Gasteiger charge is -2.36. The van der Waals surface area contributed by atoms with E-state index in [0.29, 0.717) is 36.4 Å². The zero-order valence-electron chi connectivity index (χ0n) is 16.1. The van der Waals surface area contributed by atoms with Gasteiger partial charge in [0.15, 0.2) is 0 Å². The van der Waals surface area contributed by atoms with Crippen LogP contribution in [0.3, 0.4) is 0 Å². The van der Waals surface area contributed by atoms with Crippen LogP contribution >= 0.6 is 11.8 Å². The molecule has 0 unspecified atom stereocenters. The van der Waals surface area contributed by atoms with E-state index in [-0.39, 0.29) is 34.5 Å². The summed E-state index contributed by atoms with van der Waals surface area (Å²) >= 11 is 1.29. The molecule has 154 valence electrons. The average Bonchev–Trinajstić information content (AvgIpc) is 2.87. The molecule has 2 atom stereocenters. The molecule has 1 aromatic heterocycles. The molecule has 0 spiro atoms. The second-order valence-electron chi connectivity index (χ2n) is 7.92. The average molecular weight is 418 g/mol. The molecule has 2 aromatic rings. The molecule has 0 aliphatic carbocycles. The summed E-state index contributed by atoms with van der Waals surface area (Å²) in [7, 11) is 0. The minimum atomic E-state index is -0.485. The fourth-order valence-electron chi connectivity index (χ4n) is 4.00. The number of fused-ring (bicyclic) bond motifs is 1. The van der Waals surface area contributed by atoms with Gasteiger partial charge in [0, 0.05) is 18.7 Å². The first-order valence-electron chi connectivity index (χ1n) is 9.39. The standard InChI is InChI=1S/C19H22N4O5S/c1-19(2)9-13(6-7-28-19)22-17-15(18(25)21-22)16(29-10-14(24)20-17)11-4-3-5-12(8-11)23(26)27/h3-5,8,13,16H,6-7,9-10H2,1-2H3,(H,20,24)(H,21,25)/t13-,16+/m0/s1. The molecular formula is C19H22N4O5S. The monoisotopic (exact) mass is 418 g/mol. The first-order valence-corrected chi connectivity index (χ1v) is 10.4. The van der Waals surface area contributed by atoms with Crippen LogP contribution < -0.4 is 10.9 Å². The minimum absolute atomic E-state index is 0.0237. The Morgan fingerprint density at radius 2 is 2.14 bits per heavy atom. The highest BCUT2D eigenvalue weighted by molar-refractivity contribution is 8.00. The Labute approximate surface area is 170 Å². The number of hydrogen-bond acceptors (Lipinski definition) is 6. The molecule has 2 aliphatic heterocycles. The number of carbonyl (C=O) groups is 1. The van der Waals surface area contributed by atoms with Crippen LogP contribution in [-0.2, 0) is 9.53 Å². The van der Waals surface area contributed by atoms with Gasteiger partial charge in [0.05, 0.1) is 33.1 Å². The van der Waals surface area contributed by atoms with Gasteiger partial charge in [-0.25, -0.2) is 0 Å². The molecule has 1 amide bonds. The quantitative estimate of drug-likeness (QED) is 0.584. The topological polar surface area (TPSA) is 119 Å². The number of hydrogen-bond donors (Lipinski definition) is 2. The van der Waals surface area contributed by atoms with Crippen molar-refractivity contribution < 1.29 is 14.5 Å². The Morgan fingerprint density at radius 1 is 1.34 bits per heavy atom. The predicted molar refractivity (Wildman–Crippen MR) is 109 cm³/mol. The highest BCUT2D eigenvalue weighted by atomic mass is 32.2. The van der Waals surface area contributed by atoms with Crippen molar-refractivity contribution in [1.29, 1.82) is 0 Å². The zero-order valence-corrected chi connectivity index (χ0v) is 17.0. The summed E-state index contributed by atoms with van der Waals surface area (Å²) in [6, 6.07) is 6.20. The summed E-state index contributed by atoms with van der Waals surface area (Å²) in [6.45, 7) is 4.56. The Kier molecular flexibility index (Phi) is 4.99. The minimum Gasteiger partial charge on any atom is -0.375 e. The van der Waals surface area contributed by atoms with Crippen molar-refractivity contribution in [3.63, 3.8) is 0 Å². The number of nitrogens with zero attached hydrogens (tertiary/aromatic N) is 2. The molecule has 29 heavy (non-hydrogen) atoms. The largest absolute Gasteiger partial charge is 0.375 e. The van der Waals surface area contributed by atoms with Gasteiger partial charge >= 0.3 is 0 Å². The van der Waals surface area contributed by atoms with Crippen molar-refractivity contribution in [2.24, 2.45) is 0 Å². The molecule has 4 rings (SSSR count). The second kappa shape index (κ2) is 7.34. The summed E-state index contributed by atoms with van der Waals surface area (Å²) in [6.07, 6.45) is 1.40. The molecule has 2 N–H and O–H groups in total. The lowest BCUT2D eigenvalue weighted by molar-refractivity contribution is -0.384. The number of non-ortho nitro benzene ring substituents is 1. The number of anilines is 1. The second-order valence-corrected chi connectivity index (χ2v) is 9.01. The number of benzene rings is 1. The van der Waals surface area contributed by atoms with Crippen molar-refractivity contribution in [3.8, 4) is 0 Å². The van der Waals surface area contributed by atoms with Gasteiger partial charge in [0.25, 0.3) is 11.2 Å². The van der Waals surface area contributed by atoms with Crippen molar-refractivity contribution >= 4 is 29.2 Å². The first kappa shape index (κ1) is 19.7. The van der Waals surface area contributed by atoms with E-state index >= 15 is 0 Å². The molecule has 1 aromatic carbocycles. The summed E-state index contributed by atoms with van der Waals surface area (Å²) in [5.74, 6) is 0.397. The normalized spacial score (nSPS) is 23.7. The SMILES string of the molecule is CC1(C)C[C@@H](n2[nH]c(=O)c3c2NC(=O)CS[C@@H]3c2cccc([N+](=O)[O-])c2)CCO1. The number of nitrogens with one attached hydrogen (secondary N) is 2. The molecule has 2 aliphatic rings. The van der Waals surface area contributed by atoms with Crippen LogP contribution in [0.5, 0.6) is 0 Å². The maximum atomic E-state index is 12.9. The molecule has 1 saturated heterocycles. The Hall–Kier alpha value is -2.59. The van der Waals surface area contributed by atoms with E-state index in [9.17, 15) is 19.7 Å². The number of amides is 1. The summed E-state index contributed by atoms with van der Waals surface area (Å²) in [5, 5.41) is 16.5. The van der Waals surface area contributed by atoms with E-state index in [1.165, 1.54) is 23.9 Å². The predicted octanol–water partition coefficient (Wildman–Crippen LogP) is 2.99. The molecular weight excluding hydrogens is 396 g/mol. The van der Waals surface area contributed by atoms with Gasteiger partial charge in [0.1, 0.15) is 5.82 Å². The lowest BCUT2D eigenvalue weighted by Crippen LogP contribution is -2.36. The Balaban J connectivity index is 1.81. The van der Waals surface area contributed by atoms with E-state index in [2.05, 4.69) is 10.4 Å². The van der Waals surface area contributed by atoms with Crippen LogP contribution in [0.15, 0.2) is 29.1 Å². The highest BCUT2D eigenvalue weighted by Crippen LogP contribution is 2.42. The van der Waals surface area contributed by atoms with E-state index in [1.807, 2.05) is 13.8 Å². The van der Waals surface area contributed by atoms with Crippen LogP contribution in [-0.4, -0.2) is 38.6 Å². The van der Waals surface area contributed by atoms with Crippen LogP contribution in [0.25, 0.3) is 0 Å². The van der Waals surface area contributed by atoms with Gasteiger partial charge in [-0.3, -0.25) is 29.5 Å². The van der Waals surface area contributed by atoms with Crippen LogP contribution in [0.2, 0.25) is 0 Å². The van der Waals surface area contributed by atoms with Gasteiger partial charge < -0.3 is 10.1 Å². The summed E-state index contributed by atoms with van der Waals surface area (Å²) in [4.78, 5) is 36.0. The molecule has 0 bridgehead atoms. The van der Waals surface area contributed by atoms with Gasteiger partial charge in [-0.05, 0) is 32.3 Å². The third kappa shape index (κ3) is 3.82. The molecule has 1 fully saturated rings. The number of aromatic nitrogens is 2. The first-order chi connectivity index (χ1) is 13.7. The summed E-state index contributed by atoms with van der Waals surface area (Å²) in [5.41, 5.74) is 0.369. The fourth-order valence-corrected chi connectivity index (χ4v) is 5.12. The van der Waals surface area contributed by atoms with E-state index in [0.717, 1.165) is 0 Å². The third-order valence-corrected chi connectivity index (χ3v) is 6.55. The zero-order chi connectivity index (χ0) is 20.8. The molecule has 3 heterocycles. The van der Waals surface area contributed by atoms with Crippen LogP contribution in [0, 0.1) is 10.1 Å². The molecule has 9 nitrogen and oxygen atoms in total. The number of nitro benzene ring substituents is 1. The van der Waals surface area contributed by atoms with Gasteiger partial charge in [-0.15, -0.1) is 11.8 Å². The van der Waals surface area contributed by atoms with Crippen molar-refractivity contribution in [1.82, 2.24) is 9.78 Å². The van der Waals surface area contributed by atoms with Crippen LogP contribution in [0.4, 0.5) is 11.5 Å². The molecule has 0 saturated carbocycles. The number of thioether (sulfide) groups is 1. The van der Waals surface area contributed by atoms with E-state index in [1.54, 1.807) is 16.8 Å². The van der Waals surface area contributed by atoms with E-state index in [4.69, 9.17) is 4.74 Å². The number of aromatic amines is 1. The number of carbonyl (C=O) groups excluding carboxylic acids is 1. The lowest BCUT2D eigenvalue weighted by atomic mass is 9.94. The number of nitro groups is 1. The number of H-pyrrole nitrogens is 1. The maximum Gasteiger partial charge on any atom is 0.270 e.